The molecule has 0 spiro atoms. The first-order valence-electron chi connectivity index (χ1n) is 8.29. The van der Waals surface area contributed by atoms with E-state index >= 15 is 0 Å². The molecule has 1 amide bonds. The van der Waals surface area contributed by atoms with Gasteiger partial charge in [0.25, 0.3) is 5.91 Å². The molecule has 0 aliphatic carbocycles. The molecule has 9 heteroatoms. The van der Waals surface area contributed by atoms with Crippen molar-refractivity contribution in [3.8, 4) is 11.5 Å². The number of nitro groups is 1. The molecule has 1 N–H and O–H groups in total. The average Bonchev–Trinajstić information content (AvgIpc) is 3.14. The van der Waals surface area contributed by atoms with Crippen LogP contribution in [0, 0.1) is 10.1 Å². The lowest BCUT2D eigenvalue weighted by Crippen LogP contribution is -2.12. The SMILES string of the molecule is COc1cccc(Cn2cc(NC(=O)c3ccc(OC)c([N+](=O)[O-])c3)cn2)c1. The van der Waals surface area contributed by atoms with Crippen molar-refractivity contribution in [1.29, 1.82) is 0 Å². The molecular formula is C19H18N4O5. The predicted molar refractivity (Wildman–Crippen MR) is 102 cm³/mol. The minimum atomic E-state index is -0.595. The number of nitro benzene ring substituents is 1. The van der Waals surface area contributed by atoms with Crippen molar-refractivity contribution in [3.05, 3.63) is 76.1 Å². The number of nitrogens with zero attached hydrogens (tertiary/aromatic N) is 3. The number of hydrogen-bond acceptors (Lipinski definition) is 6. The van der Waals surface area contributed by atoms with Gasteiger partial charge in [0.05, 0.1) is 37.6 Å². The number of anilines is 1. The van der Waals surface area contributed by atoms with Crippen molar-refractivity contribution < 1.29 is 19.2 Å². The Balaban J connectivity index is 1.71. The van der Waals surface area contributed by atoms with Crippen molar-refractivity contribution in [2.45, 2.75) is 6.54 Å². The van der Waals surface area contributed by atoms with Crippen molar-refractivity contribution in [2.75, 3.05) is 19.5 Å². The van der Waals surface area contributed by atoms with E-state index in [9.17, 15) is 14.9 Å². The minimum Gasteiger partial charge on any atom is -0.497 e. The van der Waals surface area contributed by atoms with Crippen LogP contribution in [0.15, 0.2) is 54.9 Å². The summed E-state index contributed by atoms with van der Waals surface area (Å²) >= 11 is 0. The zero-order valence-corrected chi connectivity index (χ0v) is 15.3. The third-order valence-electron chi connectivity index (χ3n) is 4.01. The number of methoxy groups -OCH3 is 2. The van der Waals surface area contributed by atoms with Crippen LogP contribution in [0.1, 0.15) is 15.9 Å². The summed E-state index contributed by atoms with van der Waals surface area (Å²) in [7, 11) is 2.93. The Kier molecular flexibility index (Phi) is 5.54. The fraction of sp³-hybridized carbons (Fsp3) is 0.158. The van der Waals surface area contributed by atoms with Gasteiger partial charge in [-0.3, -0.25) is 19.6 Å². The van der Waals surface area contributed by atoms with Crippen molar-refractivity contribution in [2.24, 2.45) is 0 Å². The monoisotopic (exact) mass is 382 g/mol. The second-order valence-corrected chi connectivity index (χ2v) is 5.88. The maximum atomic E-state index is 12.4. The molecule has 0 bridgehead atoms. The molecule has 0 radical (unpaired) electrons. The molecule has 9 nitrogen and oxygen atoms in total. The molecule has 144 valence electrons. The second-order valence-electron chi connectivity index (χ2n) is 5.88. The van der Waals surface area contributed by atoms with E-state index in [-0.39, 0.29) is 17.0 Å². The first kappa shape index (κ1) is 18.9. The molecule has 3 aromatic rings. The predicted octanol–water partition coefficient (Wildman–Crippen LogP) is 3.11. The van der Waals surface area contributed by atoms with Gasteiger partial charge in [0.1, 0.15) is 5.75 Å². The second kappa shape index (κ2) is 8.21. The molecule has 2 aromatic carbocycles. The van der Waals surface area contributed by atoms with Gasteiger partial charge >= 0.3 is 5.69 Å². The maximum Gasteiger partial charge on any atom is 0.311 e. The smallest absolute Gasteiger partial charge is 0.311 e. The first-order valence-corrected chi connectivity index (χ1v) is 8.29. The summed E-state index contributed by atoms with van der Waals surface area (Å²) in [6, 6.07) is 11.6. The van der Waals surface area contributed by atoms with Crippen molar-refractivity contribution >= 4 is 17.3 Å². The number of carbonyl (C=O) groups is 1. The lowest BCUT2D eigenvalue weighted by molar-refractivity contribution is -0.385. The van der Waals surface area contributed by atoms with E-state index in [1.807, 2.05) is 24.3 Å². The molecule has 0 saturated carbocycles. The highest BCUT2D eigenvalue weighted by molar-refractivity contribution is 6.04. The maximum absolute atomic E-state index is 12.4. The highest BCUT2D eigenvalue weighted by atomic mass is 16.6. The van der Waals surface area contributed by atoms with Gasteiger partial charge < -0.3 is 14.8 Å². The lowest BCUT2D eigenvalue weighted by atomic mass is 10.1. The quantitative estimate of drug-likeness (QED) is 0.497. The van der Waals surface area contributed by atoms with Crippen LogP contribution in [0.4, 0.5) is 11.4 Å². The normalized spacial score (nSPS) is 10.4. The van der Waals surface area contributed by atoms with E-state index < -0.39 is 10.8 Å². The molecule has 28 heavy (non-hydrogen) atoms. The molecular weight excluding hydrogens is 364 g/mol. The molecule has 1 heterocycles. The molecule has 1 aromatic heterocycles. The molecule has 0 atom stereocenters. The summed E-state index contributed by atoms with van der Waals surface area (Å²) in [5, 5.41) is 18.0. The first-order chi connectivity index (χ1) is 13.5. The van der Waals surface area contributed by atoms with Crippen molar-refractivity contribution in [3.63, 3.8) is 0 Å². The number of aromatic nitrogens is 2. The zero-order chi connectivity index (χ0) is 20.1. The van der Waals surface area contributed by atoms with Gasteiger partial charge in [-0.2, -0.15) is 5.10 Å². The molecule has 0 aliphatic heterocycles. The summed E-state index contributed by atoms with van der Waals surface area (Å²) in [6.45, 7) is 0.501. The van der Waals surface area contributed by atoms with Crippen LogP contribution in [0.3, 0.4) is 0 Å². The largest absolute Gasteiger partial charge is 0.497 e. The van der Waals surface area contributed by atoms with Gasteiger partial charge in [-0.15, -0.1) is 0 Å². The minimum absolute atomic E-state index is 0.0904. The van der Waals surface area contributed by atoms with Crippen LogP contribution in [0.2, 0.25) is 0 Å². The zero-order valence-electron chi connectivity index (χ0n) is 15.3. The van der Waals surface area contributed by atoms with Crippen LogP contribution in [-0.2, 0) is 6.54 Å². The number of rotatable bonds is 7. The van der Waals surface area contributed by atoms with E-state index in [1.54, 1.807) is 18.0 Å². The van der Waals surface area contributed by atoms with E-state index in [0.29, 0.717) is 12.2 Å². The van der Waals surface area contributed by atoms with Crippen LogP contribution in [-0.4, -0.2) is 34.8 Å². The number of benzene rings is 2. The fourth-order valence-electron chi connectivity index (χ4n) is 2.65. The molecule has 0 unspecified atom stereocenters. The summed E-state index contributed by atoms with van der Waals surface area (Å²) in [5.41, 5.74) is 1.34. The van der Waals surface area contributed by atoms with Crippen LogP contribution < -0.4 is 14.8 Å². The highest BCUT2D eigenvalue weighted by Crippen LogP contribution is 2.27. The van der Waals surface area contributed by atoms with Crippen molar-refractivity contribution in [1.82, 2.24) is 9.78 Å². The average molecular weight is 382 g/mol. The van der Waals surface area contributed by atoms with E-state index in [4.69, 9.17) is 9.47 Å². The third kappa shape index (κ3) is 4.26. The number of carbonyl (C=O) groups excluding carboxylic acids is 1. The molecule has 0 fully saturated rings. The van der Waals surface area contributed by atoms with Crippen LogP contribution in [0.25, 0.3) is 0 Å². The van der Waals surface area contributed by atoms with Gasteiger partial charge in [-0.05, 0) is 29.8 Å². The van der Waals surface area contributed by atoms with Gasteiger partial charge in [0, 0.05) is 17.8 Å². The Bertz CT molecular complexity index is 1020. The Morgan fingerprint density at radius 1 is 1.21 bits per heavy atom. The Morgan fingerprint density at radius 3 is 2.75 bits per heavy atom. The van der Waals surface area contributed by atoms with Gasteiger partial charge in [0.15, 0.2) is 5.75 Å². The van der Waals surface area contributed by atoms with E-state index in [2.05, 4.69) is 10.4 Å². The summed E-state index contributed by atoms with van der Waals surface area (Å²) in [4.78, 5) is 22.9. The molecule has 3 rings (SSSR count). The number of hydrogen-bond donors (Lipinski definition) is 1. The summed E-state index contributed by atoms with van der Waals surface area (Å²) in [5.74, 6) is 0.360. The Morgan fingerprint density at radius 2 is 2.04 bits per heavy atom. The van der Waals surface area contributed by atoms with Gasteiger partial charge in [-0.25, -0.2) is 0 Å². The fourth-order valence-corrected chi connectivity index (χ4v) is 2.65. The van der Waals surface area contributed by atoms with E-state index in [0.717, 1.165) is 11.3 Å². The standard InChI is InChI=1S/C19H18N4O5/c1-27-16-5-3-4-13(8-16)11-22-12-15(10-20-22)21-19(24)14-6-7-18(28-2)17(9-14)23(25)26/h3-10,12H,11H2,1-2H3,(H,21,24). The Hall–Kier alpha value is -3.88. The lowest BCUT2D eigenvalue weighted by Gasteiger charge is -2.06. The van der Waals surface area contributed by atoms with Crippen LogP contribution in [0.5, 0.6) is 11.5 Å². The highest BCUT2D eigenvalue weighted by Gasteiger charge is 2.18. The van der Waals surface area contributed by atoms with Gasteiger partial charge in [-0.1, -0.05) is 12.1 Å². The van der Waals surface area contributed by atoms with Crippen LogP contribution >= 0.6 is 0 Å². The van der Waals surface area contributed by atoms with E-state index in [1.165, 1.54) is 31.5 Å². The molecule has 0 saturated heterocycles. The Labute approximate surface area is 160 Å². The summed E-state index contributed by atoms with van der Waals surface area (Å²) < 4.78 is 11.8. The summed E-state index contributed by atoms with van der Waals surface area (Å²) in [6.07, 6.45) is 3.19. The molecule has 0 aliphatic rings. The number of nitrogens with one attached hydrogen (secondary N) is 1. The third-order valence-corrected chi connectivity index (χ3v) is 4.01. The topological polar surface area (TPSA) is 109 Å². The number of ether oxygens (including phenoxy) is 2. The van der Waals surface area contributed by atoms with Gasteiger partial charge in [0.2, 0.25) is 0 Å². The number of amides is 1.